The van der Waals surface area contributed by atoms with E-state index in [1.165, 1.54) is 11.3 Å². The first kappa shape index (κ1) is 20.3. The molecule has 154 valence electrons. The predicted octanol–water partition coefficient (Wildman–Crippen LogP) is 3.90. The molecule has 1 saturated heterocycles. The number of ether oxygens (including phenoxy) is 1. The number of nitrogens with zero attached hydrogens (tertiary/aromatic N) is 1. The van der Waals surface area contributed by atoms with Crippen LogP contribution in [0.25, 0.3) is 10.6 Å². The molecule has 4 rings (SSSR count). The number of hydrogen-bond donors (Lipinski definition) is 2. The summed E-state index contributed by atoms with van der Waals surface area (Å²) in [5.41, 5.74) is 2.66. The summed E-state index contributed by atoms with van der Waals surface area (Å²) in [6, 6.07) is 16.9. The van der Waals surface area contributed by atoms with Crippen molar-refractivity contribution >= 4 is 28.8 Å². The van der Waals surface area contributed by atoms with Gasteiger partial charge in [-0.25, -0.2) is 4.98 Å². The maximum Gasteiger partial charge on any atom is 0.253 e. The molecule has 30 heavy (non-hydrogen) atoms. The number of hydrogen-bond acceptors (Lipinski definition) is 5. The predicted molar refractivity (Wildman–Crippen MR) is 118 cm³/mol. The van der Waals surface area contributed by atoms with Crippen molar-refractivity contribution in [2.45, 2.75) is 25.4 Å². The van der Waals surface area contributed by atoms with E-state index >= 15 is 0 Å². The van der Waals surface area contributed by atoms with Gasteiger partial charge < -0.3 is 15.4 Å². The molecule has 2 N–H and O–H groups in total. The van der Waals surface area contributed by atoms with Crippen molar-refractivity contribution < 1.29 is 14.3 Å². The normalized spacial score (nSPS) is 15.7. The van der Waals surface area contributed by atoms with Crippen molar-refractivity contribution in [3.05, 3.63) is 71.2 Å². The summed E-state index contributed by atoms with van der Waals surface area (Å²) in [5.74, 6) is -0.430. The number of carbonyl (C=O) groups excluding carboxylic acids is 2. The minimum absolute atomic E-state index is 0.0687. The molecule has 7 heteroatoms. The van der Waals surface area contributed by atoms with Gasteiger partial charge in [-0.3, -0.25) is 9.59 Å². The van der Waals surface area contributed by atoms with Crippen LogP contribution in [0, 0.1) is 0 Å². The van der Waals surface area contributed by atoms with Crippen molar-refractivity contribution in [2.75, 3.05) is 18.5 Å². The third-order valence-electron chi connectivity index (χ3n) is 4.87. The topological polar surface area (TPSA) is 80.3 Å². The molecule has 2 aromatic carbocycles. The van der Waals surface area contributed by atoms with Gasteiger partial charge in [-0.2, -0.15) is 0 Å². The molecule has 3 aromatic rings. The van der Waals surface area contributed by atoms with Gasteiger partial charge in [-0.1, -0.05) is 42.5 Å². The number of carbonyl (C=O) groups is 2. The third kappa shape index (κ3) is 5.11. The van der Waals surface area contributed by atoms with Crippen LogP contribution in [0.4, 0.5) is 5.69 Å². The van der Waals surface area contributed by atoms with Crippen LogP contribution < -0.4 is 10.6 Å². The first-order valence-electron chi connectivity index (χ1n) is 9.97. The van der Waals surface area contributed by atoms with Crippen LogP contribution in [0.1, 0.15) is 28.9 Å². The van der Waals surface area contributed by atoms with E-state index in [9.17, 15) is 9.59 Å². The van der Waals surface area contributed by atoms with Crippen LogP contribution >= 0.6 is 11.3 Å². The Morgan fingerprint density at radius 1 is 1.10 bits per heavy atom. The van der Waals surface area contributed by atoms with Crippen molar-refractivity contribution in [2.24, 2.45) is 0 Å². The van der Waals surface area contributed by atoms with Gasteiger partial charge in [-0.15, -0.1) is 11.3 Å². The number of anilines is 1. The Morgan fingerprint density at radius 3 is 2.70 bits per heavy atom. The van der Waals surface area contributed by atoms with Gasteiger partial charge in [0.15, 0.2) is 0 Å². The highest BCUT2D eigenvalue weighted by molar-refractivity contribution is 7.13. The second-order valence-corrected chi connectivity index (χ2v) is 7.98. The van der Waals surface area contributed by atoms with Gasteiger partial charge in [0, 0.05) is 24.1 Å². The molecular weight excluding hydrogens is 398 g/mol. The van der Waals surface area contributed by atoms with Gasteiger partial charge >= 0.3 is 0 Å². The molecule has 1 aliphatic rings. The lowest BCUT2D eigenvalue weighted by Gasteiger charge is -2.13. The van der Waals surface area contributed by atoms with Gasteiger partial charge in [0.05, 0.1) is 29.5 Å². The Kier molecular flexibility index (Phi) is 6.51. The van der Waals surface area contributed by atoms with E-state index in [0.717, 1.165) is 30.0 Å². The van der Waals surface area contributed by atoms with Gasteiger partial charge in [0.2, 0.25) is 5.91 Å². The summed E-state index contributed by atoms with van der Waals surface area (Å²) in [4.78, 5) is 29.7. The number of amides is 2. The molecule has 1 fully saturated rings. The average molecular weight is 422 g/mol. The molecule has 1 unspecified atom stereocenters. The fourth-order valence-electron chi connectivity index (χ4n) is 3.36. The largest absolute Gasteiger partial charge is 0.376 e. The highest BCUT2D eigenvalue weighted by atomic mass is 32.1. The van der Waals surface area contributed by atoms with Crippen LogP contribution in [0.3, 0.4) is 0 Å². The second-order valence-electron chi connectivity index (χ2n) is 7.13. The quantitative estimate of drug-likeness (QED) is 0.606. The molecule has 0 spiro atoms. The zero-order valence-electron chi connectivity index (χ0n) is 16.5. The van der Waals surface area contributed by atoms with Crippen LogP contribution in [0.5, 0.6) is 0 Å². The summed E-state index contributed by atoms with van der Waals surface area (Å²) < 4.78 is 5.54. The van der Waals surface area contributed by atoms with E-state index in [4.69, 9.17) is 4.74 Å². The molecule has 0 saturated carbocycles. The van der Waals surface area contributed by atoms with E-state index in [0.29, 0.717) is 23.5 Å². The maximum atomic E-state index is 12.6. The summed E-state index contributed by atoms with van der Waals surface area (Å²) in [6.07, 6.45) is 2.20. The number of aromatic nitrogens is 1. The monoisotopic (exact) mass is 421 g/mol. The van der Waals surface area contributed by atoms with Crippen LogP contribution in [0.15, 0.2) is 60.0 Å². The van der Waals surface area contributed by atoms with Crippen LogP contribution in [-0.4, -0.2) is 36.1 Å². The third-order valence-corrected chi connectivity index (χ3v) is 5.81. The first-order chi connectivity index (χ1) is 14.7. The van der Waals surface area contributed by atoms with E-state index in [-0.39, 0.29) is 24.3 Å². The van der Waals surface area contributed by atoms with E-state index in [1.54, 1.807) is 24.3 Å². The lowest BCUT2D eigenvalue weighted by Crippen LogP contribution is -2.32. The lowest BCUT2D eigenvalue weighted by molar-refractivity contribution is -0.115. The number of nitrogens with one attached hydrogen (secondary N) is 2. The molecule has 2 heterocycles. The Bertz CT molecular complexity index is 1010. The van der Waals surface area contributed by atoms with Crippen LogP contribution in [0.2, 0.25) is 0 Å². The smallest absolute Gasteiger partial charge is 0.253 e. The van der Waals surface area contributed by atoms with Gasteiger partial charge in [0.1, 0.15) is 5.01 Å². The molecule has 1 aliphatic heterocycles. The molecule has 6 nitrogen and oxygen atoms in total. The first-order valence-corrected chi connectivity index (χ1v) is 10.9. The zero-order valence-corrected chi connectivity index (χ0v) is 17.3. The zero-order chi connectivity index (χ0) is 20.8. The summed E-state index contributed by atoms with van der Waals surface area (Å²) in [7, 11) is 0. The Labute approximate surface area is 179 Å². The molecule has 1 aromatic heterocycles. The second kappa shape index (κ2) is 9.65. The van der Waals surface area contributed by atoms with E-state index < -0.39 is 0 Å². The maximum absolute atomic E-state index is 12.6. The van der Waals surface area contributed by atoms with Crippen LogP contribution in [-0.2, 0) is 16.0 Å². The molecule has 0 bridgehead atoms. The highest BCUT2D eigenvalue weighted by Crippen LogP contribution is 2.24. The fourth-order valence-corrected chi connectivity index (χ4v) is 4.18. The Hall–Kier alpha value is -3.03. The van der Waals surface area contributed by atoms with Crippen molar-refractivity contribution in [1.29, 1.82) is 0 Å². The standard InChI is InChI=1S/C23H23N3O3S/c27-21(13-17-15-30-23(25-17)16-7-2-1-3-8-16)26-20-11-5-4-10-19(20)22(28)24-14-18-9-6-12-29-18/h1-5,7-8,10-11,15,18H,6,9,12-14H2,(H,24,28)(H,26,27). The Balaban J connectivity index is 1.37. The van der Waals surface area contributed by atoms with Crippen molar-refractivity contribution in [3.63, 3.8) is 0 Å². The van der Waals surface area contributed by atoms with E-state index in [2.05, 4.69) is 15.6 Å². The molecular formula is C23H23N3O3S. The summed E-state index contributed by atoms with van der Waals surface area (Å²) in [5, 5.41) is 8.52. The number of para-hydroxylation sites is 1. The molecule has 1 atom stereocenters. The minimum atomic E-state index is -0.221. The fraction of sp³-hybridized carbons (Fsp3) is 0.261. The van der Waals surface area contributed by atoms with Gasteiger partial charge in [-0.05, 0) is 25.0 Å². The molecule has 0 radical (unpaired) electrons. The number of benzene rings is 2. The minimum Gasteiger partial charge on any atom is -0.376 e. The summed E-state index contributed by atoms with van der Waals surface area (Å²) in [6.45, 7) is 1.22. The SMILES string of the molecule is O=C(Cc1csc(-c2ccccc2)n1)Nc1ccccc1C(=O)NCC1CCCO1. The highest BCUT2D eigenvalue weighted by Gasteiger charge is 2.18. The molecule has 2 amide bonds. The molecule has 0 aliphatic carbocycles. The van der Waals surface area contributed by atoms with Crippen molar-refractivity contribution in [1.82, 2.24) is 10.3 Å². The average Bonchev–Trinajstić information content (AvgIpc) is 3.45. The van der Waals surface area contributed by atoms with Crippen molar-refractivity contribution in [3.8, 4) is 10.6 Å². The Morgan fingerprint density at radius 2 is 1.90 bits per heavy atom. The number of thiazole rings is 1. The summed E-state index contributed by atoms with van der Waals surface area (Å²) >= 11 is 1.51. The van der Waals surface area contributed by atoms with Gasteiger partial charge in [0.25, 0.3) is 5.91 Å². The van der Waals surface area contributed by atoms with E-state index in [1.807, 2.05) is 35.7 Å². The lowest BCUT2D eigenvalue weighted by atomic mass is 10.1. The number of rotatable bonds is 7.